The fourth-order valence-corrected chi connectivity index (χ4v) is 3.87. The van der Waals surface area contributed by atoms with E-state index in [1.165, 1.54) is 19.3 Å². The average Bonchev–Trinajstić information content (AvgIpc) is 3.19. The first-order valence-corrected chi connectivity index (χ1v) is 8.43. The summed E-state index contributed by atoms with van der Waals surface area (Å²) in [6.45, 7) is 2.24. The molecule has 3 aromatic heterocycles. The van der Waals surface area contributed by atoms with Crippen LogP contribution >= 0.6 is 0 Å². The van der Waals surface area contributed by atoms with Crippen LogP contribution in [0.1, 0.15) is 60.9 Å². The Kier molecular flexibility index (Phi) is 3.56. The lowest BCUT2D eigenvalue weighted by molar-refractivity contribution is 0.0524. The molecular weight excluding hydrogens is 290 g/mol. The number of hydrogen-bond acceptors (Lipinski definition) is 3. The number of nitrogens with one attached hydrogen (secondary N) is 1. The van der Waals surface area contributed by atoms with Gasteiger partial charge in [-0.3, -0.25) is 0 Å². The van der Waals surface area contributed by atoms with Crippen molar-refractivity contribution in [2.45, 2.75) is 44.9 Å². The van der Waals surface area contributed by atoms with Crippen molar-refractivity contribution in [1.29, 1.82) is 0 Å². The van der Waals surface area contributed by atoms with Crippen LogP contribution in [-0.2, 0) is 4.74 Å². The lowest BCUT2D eigenvalue weighted by Gasteiger charge is -2.22. The number of ether oxygens (including phenoxy) is 1. The molecule has 0 radical (unpaired) electrons. The fraction of sp³-hybridized carbons (Fsp3) is 0.444. The summed E-state index contributed by atoms with van der Waals surface area (Å²) in [5, 5.41) is 1.07. The summed E-state index contributed by atoms with van der Waals surface area (Å²) < 4.78 is 7.28. The number of esters is 1. The number of H-pyrrole nitrogens is 1. The van der Waals surface area contributed by atoms with E-state index in [4.69, 9.17) is 4.74 Å². The molecule has 0 atom stereocenters. The molecule has 0 amide bonds. The van der Waals surface area contributed by atoms with Gasteiger partial charge in [0.1, 0.15) is 12.0 Å². The number of hydrogen-bond donors (Lipinski definition) is 1. The number of nitrogens with zero attached hydrogens (tertiary/aromatic N) is 2. The van der Waals surface area contributed by atoms with Gasteiger partial charge in [0.25, 0.3) is 0 Å². The summed E-state index contributed by atoms with van der Waals surface area (Å²) in [5.74, 6) is 0.203. The van der Waals surface area contributed by atoms with Crippen molar-refractivity contribution in [3.05, 3.63) is 35.9 Å². The highest BCUT2D eigenvalue weighted by molar-refractivity contribution is 6.01. The summed E-state index contributed by atoms with van der Waals surface area (Å²) in [6.07, 6.45) is 11.6. The number of rotatable bonds is 3. The van der Waals surface area contributed by atoms with Crippen molar-refractivity contribution < 1.29 is 9.53 Å². The molecule has 0 aliphatic heterocycles. The quantitative estimate of drug-likeness (QED) is 0.743. The zero-order valence-electron chi connectivity index (χ0n) is 13.3. The zero-order valence-corrected chi connectivity index (χ0v) is 13.3. The predicted molar refractivity (Wildman–Crippen MR) is 88.8 cm³/mol. The summed E-state index contributed by atoms with van der Waals surface area (Å²) in [4.78, 5) is 20.1. The van der Waals surface area contributed by atoms with Gasteiger partial charge in [0.05, 0.1) is 17.7 Å². The number of carbonyl (C=O) groups is 1. The molecule has 0 aromatic carbocycles. The van der Waals surface area contributed by atoms with Crippen molar-refractivity contribution in [3.63, 3.8) is 0 Å². The van der Waals surface area contributed by atoms with Crippen molar-refractivity contribution in [3.8, 4) is 0 Å². The van der Waals surface area contributed by atoms with Gasteiger partial charge in [-0.05, 0) is 37.3 Å². The van der Waals surface area contributed by atoms with E-state index in [1.807, 2.05) is 29.8 Å². The molecule has 0 spiro atoms. The molecule has 3 heterocycles. The Labute approximate surface area is 134 Å². The van der Waals surface area contributed by atoms with Gasteiger partial charge in [-0.25, -0.2) is 9.78 Å². The van der Waals surface area contributed by atoms with E-state index >= 15 is 0 Å². The molecule has 120 valence electrons. The number of aromatic nitrogens is 3. The van der Waals surface area contributed by atoms with E-state index in [0.717, 1.165) is 35.0 Å². The first kappa shape index (κ1) is 14.3. The molecule has 1 aliphatic carbocycles. The van der Waals surface area contributed by atoms with Crippen LogP contribution in [0.3, 0.4) is 0 Å². The molecule has 23 heavy (non-hydrogen) atoms. The molecule has 0 saturated heterocycles. The highest BCUT2D eigenvalue weighted by Gasteiger charge is 2.27. The Balaban J connectivity index is 1.97. The minimum absolute atomic E-state index is 0.222. The van der Waals surface area contributed by atoms with Crippen LogP contribution in [0.4, 0.5) is 0 Å². The maximum atomic E-state index is 12.5. The third-order valence-electron chi connectivity index (χ3n) is 4.87. The van der Waals surface area contributed by atoms with Crippen LogP contribution in [0.15, 0.2) is 24.8 Å². The van der Waals surface area contributed by atoms with Gasteiger partial charge in [-0.15, -0.1) is 0 Å². The summed E-state index contributed by atoms with van der Waals surface area (Å²) in [5.41, 5.74) is 3.82. The third-order valence-corrected chi connectivity index (χ3v) is 4.87. The van der Waals surface area contributed by atoms with E-state index in [0.29, 0.717) is 18.1 Å². The normalized spacial score (nSPS) is 16.2. The van der Waals surface area contributed by atoms with Crippen molar-refractivity contribution in [1.82, 2.24) is 14.4 Å². The predicted octanol–water partition coefficient (Wildman–Crippen LogP) is 4.04. The van der Waals surface area contributed by atoms with Crippen LogP contribution < -0.4 is 0 Å². The monoisotopic (exact) mass is 311 g/mol. The molecule has 1 aliphatic rings. The second-order valence-electron chi connectivity index (χ2n) is 6.25. The Bertz CT molecular complexity index is 856. The average molecular weight is 311 g/mol. The largest absolute Gasteiger partial charge is 0.462 e. The number of aromatic amines is 1. The second kappa shape index (κ2) is 5.72. The third kappa shape index (κ3) is 2.31. The molecule has 1 saturated carbocycles. The van der Waals surface area contributed by atoms with Gasteiger partial charge < -0.3 is 14.1 Å². The van der Waals surface area contributed by atoms with E-state index in [9.17, 15) is 4.79 Å². The van der Waals surface area contributed by atoms with Gasteiger partial charge in [-0.2, -0.15) is 0 Å². The first-order valence-electron chi connectivity index (χ1n) is 8.43. The molecule has 4 rings (SSSR count). The van der Waals surface area contributed by atoms with Gasteiger partial charge in [0.15, 0.2) is 0 Å². The topological polar surface area (TPSA) is 59.4 Å². The maximum absolute atomic E-state index is 12.5. The van der Waals surface area contributed by atoms with Gasteiger partial charge in [0, 0.05) is 17.8 Å². The molecule has 0 bridgehead atoms. The lowest BCUT2D eigenvalue weighted by atomic mass is 9.82. The smallest absolute Gasteiger partial charge is 0.339 e. The summed E-state index contributed by atoms with van der Waals surface area (Å²) in [7, 11) is 0. The number of fused-ring (bicyclic) bond motifs is 3. The summed E-state index contributed by atoms with van der Waals surface area (Å²) in [6, 6.07) is 2.04. The van der Waals surface area contributed by atoms with Crippen LogP contribution in [0.2, 0.25) is 0 Å². The second-order valence-corrected chi connectivity index (χ2v) is 6.25. The van der Waals surface area contributed by atoms with Gasteiger partial charge in [-0.1, -0.05) is 19.3 Å². The number of carbonyl (C=O) groups excluding carboxylic acids is 1. The van der Waals surface area contributed by atoms with E-state index < -0.39 is 0 Å². The fourth-order valence-electron chi connectivity index (χ4n) is 3.87. The Hall–Kier alpha value is -2.30. The van der Waals surface area contributed by atoms with Gasteiger partial charge in [0.2, 0.25) is 0 Å². The SMILES string of the molecule is CCOC(=O)c1cn2cnc3[nH]ccc3c2c1C1CCCCC1. The van der Waals surface area contributed by atoms with Crippen molar-refractivity contribution in [2.24, 2.45) is 0 Å². The molecule has 1 N–H and O–H groups in total. The van der Waals surface area contributed by atoms with E-state index in [2.05, 4.69) is 9.97 Å². The molecule has 3 aromatic rings. The maximum Gasteiger partial charge on any atom is 0.339 e. The van der Waals surface area contributed by atoms with Gasteiger partial charge >= 0.3 is 5.97 Å². The highest BCUT2D eigenvalue weighted by Crippen LogP contribution is 2.39. The molecule has 1 fully saturated rings. The molecule has 5 nitrogen and oxygen atoms in total. The summed E-state index contributed by atoms with van der Waals surface area (Å²) >= 11 is 0. The molecule has 5 heteroatoms. The Morgan fingerprint density at radius 2 is 2.22 bits per heavy atom. The van der Waals surface area contributed by atoms with Crippen LogP contribution in [0, 0.1) is 0 Å². The van der Waals surface area contributed by atoms with Crippen LogP contribution in [-0.4, -0.2) is 26.9 Å². The van der Waals surface area contributed by atoms with E-state index in [-0.39, 0.29) is 5.97 Å². The Morgan fingerprint density at radius 3 is 3.00 bits per heavy atom. The minimum Gasteiger partial charge on any atom is -0.462 e. The minimum atomic E-state index is -0.222. The van der Waals surface area contributed by atoms with E-state index in [1.54, 1.807) is 6.33 Å². The van der Waals surface area contributed by atoms with Crippen molar-refractivity contribution >= 4 is 22.5 Å². The molecule has 0 unspecified atom stereocenters. The van der Waals surface area contributed by atoms with Crippen LogP contribution in [0.5, 0.6) is 0 Å². The van der Waals surface area contributed by atoms with Crippen molar-refractivity contribution in [2.75, 3.05) is 6.61 Å². The highest BCUT2D eigenvalue weighted by atomic mass is 16.5. The first-order chi connectivity index (χ1) is 11.3. The zero-order chi connectivity index (χ0) is 15.8. The standard InChI is InChI=1S/C18H21N3O2/c1-2-23-18(22)14-10-21-11-20-17-13(8-9-19-17)16(21)15(14)12-6-4-3-5-7-12/h8-12,19H,2-7H2,1H3. The Morgan fingerprint density at radius 1 is 1.39 bits per heavy atom. The lowest BCUT2D eigenvalue weighted by Crippen LogP contribution is -2.11. The van der Waals surface area contributed by atoms with Crippen LogP contribution in [0.25, 0.3) is 16.6 Å². The molecular formula is C18H21N3O2.